The summed E-state index contributed by atoms with van der Waals surface area (Å²) < 4.78 is 25.6. The van der Waals surface area contributed by atoms with Crippen molar-refractivity contribution in [2.75, 3.05) is 26.3 Å². The van der Waals surface area contributed by atoms with Crippen molar-refractivity contribution in [2.24, 2.45) is 5.92 Å². The first-order chi connectivity index (χ1) is 13.2. The molecule has 2 aromatic rings. The first kappa shape index (κ1) is 18.1. The van der Waals surface area contributed by atoms with Crippen LogP contribution in [0, 0.1) is 11.7 Å². The molecule has 1 atom stereocenters. The van der Waals surface area contributed by atoms with Crippen LogP contribution >= 0.6 is 0 Å². The number of aromatic nitrogens is 1. The molecule has 1 spiro atoms. The highest BCUT2D eigenvalue weighted by Gasteiger charge is 2.54. The van der Waals surface area contributed by atoms with Crippen LogP contribution in [0.15, 0.2) is 48.8 Å². The molecule has 0 unspecified atom stereocenters. The molecular formula is C21H23FN2O3. The number of hydrogen-bond donors (Lipinski definition) is 0. The van der Waals surface area contributed by atoms with Gasteiger partial charge in [0.25, 0.3) is 5.91 Å². The van der Waals surface area contributed by atoms with Crippen LogP contribution in [0.1, 0.15) is 28.8 Å². The fourth-order valence-corrected chi connectivity index (χ4v) is 3.99. The predicted octanol–water partition coefficient (Wildman–Crippen LogP) is 3.06. The minimum Gasteiger partial charge on any atom is -0.377 e. The van der Waals surface area contributed by atoms with E-state index in [-0.39, 0.29) is 17.1 Å². The smallest absolute Gasteiger partial charge is 0.257 e. The Labute approximate surface area is 158 Å². The van der Waals surface area contributed by atoms with E-state index in [4.69, 9.17) is 9.47 Å². The van der Waals surface area contributed by atoms with Crippen LogP contribution in [0.5, 0.6) is 0 Å². The van der Waals surface area contributed by atoms with Crippen molar-refractivity contribution in [3.63, 3.8) is 0 Å². The second-order valence-electron chi connectivity index (χ2n) is 7.24. The lowest BCUT2D eigenvalue weighted by Crippen LogP contribution is -2.66. The summed E-state index contributed by atoms with van der Waals surface area (Å²) in [4.78, 5) is 18.2. The number of rotatable bonds is 6. The molecule has 5 nitrogen and oxygen atoms in total. The maximum atomic E-state index is 13.9. The number of hydrogen-bond acceptors (Lipinski definition) is 4. The zero-order valence-corrected chi connectivity index (χ0v) is 15.1. The summed E-state index contributed by atoms with van der Waals surface area (Å²) in [6, 6.07) is 10.0. The number of halogens is 1. The predicted molar refractivity (Wildman–Crippen MR) is 97.6 cm³/mol. The van der Waals surface area contributed by atoms with Crippen LogP contribution in [-0.4, -0.2) is 47.7 Å². The first-order valence-corrected chi connectivity index (χ1v) is 9.32. The van der Waals surface area contributed by atoms with Crippen molar-refractivity contribution in [2.45, 2.75) is 25.0 Å². The van der Waals surface area contributed by atoms with E-state index in [1.165, 1.54) is 12.1 Å². The molecule has 2 saturated heterocycles. The van der Waals surface area contributed by atoms with Crippen molar-refractivity contribution in [1.29, 1.82) is 0 Å². The van der Waals surface area contributed by atoms with Gasteiger partial charge in [0, 0.05) is 25.6 Å². The third kappa shape index (κ3) is 3.73. The molecule has 2 aliphatic rings. The van der Waals surface area contributed by atoms with E-state index >= 15 is 0 Å². The fourth-order valence-electron chi connectivity index (χ4n) is 3.99. The number of pyridine rings is 1. The number of amides is 1. The summed E-state index contributed by atoms with van der Waals surface area (Å²) in [6.07, 6.45) is 5.38. The van der Waals surface area contributed by atoms with E-state index in [0.29, 0.717) is 38.8 Å². The molecular weight excluding hydrogens is 347 g/mol. The summed E-state index contributed by atoms with van der Waals surface area (Å²) in [6.45, 7) is 2.97. The van der Waals surface area contributed by atoms with Crippen LogP contribution in [0.3, 0.4) is 0 Å². The van der Waals surface area contributed by atoms with Crippen LogP contribution in [0.2, 0.25) is 0 Å². The third-order valence-electron chi connectivity index (χ3n) is 5.54. The molecule has 0 radical (unpaired) electrons. The fraction of sp³-hybridized carbons (Fsp3) is 0.429. The molecule has 0 N–H and O–H groups in total. The summed E-state index contributed by atoms with van der Waals surface area (Å²) in [5.41, 5.74) is 0.941. The lowest BCUT2D eigenvalue weighted by molar-refractivity contribution is -0.120. The largest absolute Gasteiger partial charge is 0.377 e. The maximum absolute atomic E-state index is 13.9. The zero-order chi connectivity index (χ0) is 18.7. The molecule has 1 aromatic carbocycles. The molecule has 0 bridgehead atoms. The number of likely N-dealkylation sites (tertiary alicyclic amines) is 1. The monoisotopic (exact) mass is 370 g/mol. The van der Waals surface area contributed by atoms with Gasteiger partial charge in [-0.1, -0.05) is 12.1 Å². The quantitative estimate of drug-likeness (QED) is 0.734. The molecule has 6 heteroatoms. The average molecular weight is 370 g/mol. The number of carbonyl (C=O) groups excluding carboxylic acids is 1. The number of carbonyl (C=O) groups is 1. The first-order valence-electron chi connectivity index (χ1n) is 9.32. The molecule has 2 aliphatic heterocycles. The molecule has 2 fully saturated rings. The lowest BCUT2D eigenvalue weighted by atomic mass is 9.79. The van der Waals surface area contributed by atoms with Crippen LogP contribution in [-0.2, 0) is 16.1 Å². The molecule has 3 heterocycles. The number of nitrogens with zero attached hydrogens (tertiary/aromatic N) is 2. The van der Waals surface area contributed by atoms with Crippen molar-refractivity contribution >= 4 is 5.91 Å². The standard InChI is InChI=1S/C21H23FN2O3/c22-19-4-2-1-3-18(19)20(25)24-14-21(15-24)17(8-12-27-21)7-11-26-13-16-5-9-23-10-6-16/h1-6,9-10,17H,7-8,11-15H2/t17-/m0/s1. The third-order valence-corrected chi connectivity index (χ3v) is 5.54. The lowest BCUT2D eigenvalue weighted by Gasteiger charge is -2.50. The van der Waals surface area contributed by atoms with E-state index in [0.717, 1.165) is 18.4 Å². The SMILES string of the molecule is O=C(c1ccccc1F)N1CC2(C1)OCC[C@@H]2CCOCc1ccncc1. The molecule has 27 heavy (non-hydrogen) atoms. The van der Waals surface area contributed by atoms with E-state index in [1.54, 1.807) is 29.4 Å². The Morgan fingerprint density at radius 1 is 1.26 bits per heavy atom. The van der Waals surface area contributed by atoms with Crippen LogP contribution in [0.25, 0.3) is 0 Å². The Kier molecular flexibility index (Phi) is 5.18. The van der Waals surface area contributed by atoms with E-state index in [1.807, 2.05) is 12.1 Å². The van der Waals surface area contributed by atoms with Crippen molar-refractivity contribution in [1.82, 2.24) is 9.88 Å². The van der Waals surface area contributed by atoms with Crippen LogP contribution < -0.4 is 0 Å². The Morgan fingerprint density at radius 3 is 2.81 bits per heavy atom. The van der Waals surface area contributed by atoms with Crippen LogP contribution in [0.4, 0.5) is 4.39 Å². The second-order valence-corrected chi connectivity index (χ2v) is 7.24. The van der Waals surface area contributed by atoms with Gasteiger partial charge in [-0.2, -0.15) is 0 Å². The van der Waals surface area contributed by atoms with Gasteiger partial charge in [0.1, 0.15) is 11.4 Å². The minimum atomic E-state index is -0.475. The van der Waals surface area contributed by atoms with Crippen molar-refractivity contribution < 1.29 is 18.7 Å². The topological polar surface area (TPSA) is 51.7 Å². The molecule has 142 valence electrons. The summed E-state index contributed by atoms with van der Waals surface area (Å²) in [5, 5.41) is 0. The van der Waals surface area contributed by atoms with Gasteiger partial charge in [-0.3, -0.25) is 9.78 Å². The molecule has 1 aromatic heterocycles. The van der Waals surface area contributed by atoms with Gasteiger partial charge in [-0.05, 0) is 48.6 Å². The van der Waals surface area contributed by atoms with Gasteiger partial charge in [0.2, 0.25) is 0 Å². The minimum absolute atomic E-state index is 0.127. The zero-order valence-electron chi connectivity index (χ0n) is 15.1. The molecule has 1 amide bonds. The van der Waals surface area contributed by atoms with Gasteiger partial charge < -0.3 is 14.4 Å². The van der Waals surface area contributed by atoms with Gasteiger partial charge in [-0.25, -0.2) is 4.39 Å². The average Bonchev–Trinajstić information content (AvgIpc) is 3.09. The summed E-state index contributed by atoms with van der Waals surface area (Å²) in [5.74, 6) is -0.377. The molecule has 0 saturated carbocycles. The normalized spacial score (nSPS) is 20.6. The van der Waals surface area contributed by atoms with E-state index < -0.39 is 5.82 Å². The highest BCUT2D eigenvalue weighted by Crippen LogP contribution is 2.42. The maximum Gasteiger partial charge on any atom is 0.257 e. The highest BCUT2D eigenvalue weighted by atomic mass is 19.1. The van der Waals surface area contributed by atoms with Gasteiger partial charge >= 0.3 is 0 Å². The number of ether oxygens (including phenoxy) is 2. The molecule has 0 aliphatic carbocycles. The summed E-state index contributed by atoms with van der Waals surface area (Å²) >= 11 is 0. The summed E-state index contributed by atoms with van der Waals surface area (Å²) in [7, 11) is 0. The van der Waals surface area contributed by atoms with E-state index in [2.05, 4.69) is 4.98 Å². The number of benzene rings is 1. The Morgan fingerprint density at radius 2 is 2.04 bits per heavy atom. The van der Waals surface area contributed by atoms with Gasteiger partial charge in [0.05, 0.1) is 25.3 Å². The molecule has 4 rings (SSSR count). The second kappa shape index (κ2) is 7.74. The van der Waals surface area contributed by atoms with Gasteiger partial charge in [0.15, 0.2) is 0 Å². The van der Waals surface area contributed by atoms with E-state index in [9.17, 15) is 9.18 Å². The Hall–Kier alpha value is -2.31. The van der Waals surface area contributed by atoms with Gasteiger partial charge in [-0.15, -0.1) is 0 Å². The Bertz CT molecular complexity index is 793. The van der Waals surface area contributed by atoms with Crippen molar-refractivity contribution in [3.05, 3.63) is 65.7 Å². The Balaban J connectivity index is 1.28. The van der Waals surface area contributed by atoms with Crippen molar-refractivity contribution in [3.8, 4) is 0 Å². The highest BCUT2D eigenvalue weighted by molar-refractivity contribution is 5.95.